The van der Waals surface area contributed by atoms with Crippen molar-refractivity contribution in [3.05, 3.63) is 83.9 Å². The van der Waals surface area contributed by atoms with Crippen LogP contribution in [0.3, 0.4) is 0 Å². The van der Waals surface area contributed by atoms with Gasteiger partial charge < -0.3 is 23.4 Å². The highest BCUT2D eigenvalue weighted by molar-refractivity contribution is 6.74. The Kier molecular flexibility index (Phi) is 8.88. The Bertz CT molecular complexity index is 999. The number of carbonyl (C=O) groups is 2. The summed E-state index contributed by atoms with van der Waals surface area (Å²) in [5.74, 6) is -0.508. The first kappa shape index (κ1) is 26.7. The lowest BCUT2D eigenvalue weighted by Crippen LogP contribution is -2.48. The Morgan fingerprint density at radius 1 is 0.914 bits per heavy atom. The maximum atomic E-state index is 12.5. The highest BCUT2D eigenvalue weighted by atomic mass is 28.4. The van der Waals surface area contributed by atoms with Crippen LogP contribution in [-0.4, -0.2) is 45.5 Å². The number of carbonyl (C=O) groups excluding carboxylic acids is 2. The van der Waals surface area contributed by atoms with E-state index in [2.05, 4.69) is 33.9 Å². The molecule has 1 aliphatic rings. The second-order valence-corrected chi connectivity index (χ2v) is 14.7. The van der Waals surface area contributed by atoms with Gasteiger partial charge in [-0.3, -0.25) is 0 Å². The summed E-state index contributed by atoms with van der Waals surface area (Å²) < 4.78 is 28.6. The average Bonchev–Trinajstić information content (AvgIpc) is 2.83. The molecule has 8 heteroatoms. The molecule has 3 atom stereocenters. The van der Waals surface area contributed by atoms with Crippen molar-refractivity contribution >= 4 is 20.4 Å². The van der Waals surface area contributed by atoms with E-state index in [1.807, 2.05) is 36.4 Å². The minimum absolute atomic E-state index is 0.0123. The lowest BCUT2D eigenvalue weighted by Gasteiger charge is -2.39. The summed E-state index contributed by atoms with van der Waals surface area (Å²) >= 11 is 0. The number of rotatable bonds is 8. The van der Waals surface area contributed by atoms with Gasteiger partial charge in [-0.15, -0.1) is 0 Å². The highest BCUT2D eigenvalue weighted by Gasteiger charge is 2.40. The molecule has 1 aliphatic heterocycles. The molecule has 0 amide bonds. The van der Waals surface area contributed by atoms with E-state index in [9.17, 15) is 9.59 Å². The molecule has 7 nitrogen and oxygen atoms in total. The first-order valence-corrected chi connectivity index (χ1v) is 14.6. The van der Waals surface area contributed by atoms with E-state index in [0.717, 1.165) is 5.56 Å². The van der Waals surface area contributed by atoms with Gasteiger partial charge in [-0.05, 0) is 48.0 Å². The third-order valence-electron chi connectivity index (χ3n) is 6.21. The van der Waals surface area contributed by atoms with Crippen LogP contribution in [0.5, 0.6) is 0 Å². The number of ether oxygens (including phenoxy) is 4. The van der Waals surface area contributed by atoms with E-state index in [1.54, 1.807) is 36.4 Å². The van der Waals surface area contributed by atoms with Crippen molar-refractivity contribution < 1.29 is 33.0 Å². The molecule has 0 aliphatic carbocycles. The maximum absolute atomic E-state index is 12.5. The summed E-state index contributed by atoms with van der Waals surface area (Å²) in [6.07, 6.45) is 0.0242. The molecular weight excluding hydrogens is 464 g/mol. The van der Waals surface area contributed by atoms with Gasteiger partial charge in [-0.25, -0.2) is 9.59 Å². The third-order valence-corrected chi connectivity index (χ3v) is 10.7. The van der Waals surface area contributed by atoms with E-state index in [-0.39, 0.29) is 18.3 Å². The summed E-state index contributed by atoms with van der Waals surface area (Å²) in [4.78, 5) is 24.9. The summed E-state index contributed by atoms with van der Waals surface area (Å²) in [5, 5.41) is -0.0123. The molecule has 1 heterocycles. The fourth-order valence-corrected chi connectivity index (χ4v) is 4.07. The van der Waals surface area contributed by atoms with Crippen molar-refractivity contribution in [2.45, 2.75) is 64.0 Å². The minimum Gasteiger partial charge on any atom is -0.429 e. The lowest BCUT2D eigenvalue weighted by molar-refractivity contribution is -0.160. The Labute approximate surface area is 208 Å². The molecule has 2 aromatic rings. The predicted molar refractivity (Wildman–Crippen MR) is 134 cm³/mol. The molecule has 0 aromatic heterocycles. The average molecular weight is 499 g/mol. The Hall–Kier alpha value is -2.94. The van der Waals surface area contributed by atoms with Crippen LogP contribution >= 0.6 is 0 Å². The van der Waals surface area contributed by atoms with E-state index in [0.29, 0.717) is 5.56 Å². The van der Waals surface area contributed by atoms with Crippen LogP contribution in [0.1, 0.15) is 36.7 Å². The van der Waals surface area contributed by atoms with Crippen LogP contribution in [0.25, 0.3) is 0 Å². The molecule has 0 saturated heterocycles. The second kappa shape index (κ2) is 11.7. The largest absolute Gasteiger partial charge is 0.509 e. The van der Waals surface area contributed by atoms with Gasteiger partial charge in [-0.2, -0.15) is 0 Å². The zero-order valence-electron chi connectivity index (χ0n) is 20.9. The lowest BCUT2D eigenvalue weighted by atomic mass is 10.1. The van der Waals surface area contributed by atoms with Crippen molar-refractivity contribution in [2.75, 3.05) is 6.61 Å². The summed E-state index contributed by atoms with van der Waals surface area (Å²) in [6, 6.07) is 18.0. The first-order valence-electron chi connectivity index (χ1n) is 11.7. The molecule has 0 N–H and O–H groups in total. The molecular formula is C27H34O7Si. The van der Waals surface area contributed by atoms with Crippen LogP contribution in [-0.2, 0) is 30.0 Å². The SMILES string of the molecule is CC(C)(C)[Si](C)(C)OC[C@H]1O[C@H](OC(=O)c2ccccc2)C=C[C@@H]1OC(=O)OCc1ccccc1. The van der Waals surface area contributed by atoms with Gasteiger partial charge >= 0.3 is 12.1 Å². The van der Waals surface area contributed by atoms with E-state index in [1.165, 1.54) is 0 Å². The number of hydrogen-bond donors (Lipinski definition) is 0. The maximum Gasteiger partial charge on any atom is 0.509 e. The van der Waals surface area contributed by atoms with Crippen LogP contribution in [0.15, 0.2) is 72.8 Å². The molecule has 0 unspecified atom stereocenters. The Morgan fingerprint density at radius 3 is 2.17 bits per heavy atom. The molecule has 188 valence electrons. The van der Waals surface area contributed by atoms with E-state index in [4.69, 9.17) is 23.4 Å². The van der Waals surface area contributed by atoms with Gasteiger partial charge in [0, 0.05) is 0 Å². The summed E-state index contributed by atoms with van der Waals surface area (Å²) in [6.45, 7) is 10.9. The van der Waals surface area contributed by atoms with Gasteiger partial charge in [0.1, 0.15) is 12.7 Å². The van der Waals surface area contributed by atoms with Crippen molar-refractivity contribution in [3.63, 3.8) is 0 Å². The van der Waals surface area contributed by atoms with E-state index < -0.39 is 38.9 Å². The van der Waals surface area contributed by atoms with Crippen LogP contribution < -0.4 is 0 Å². The van der Waals surface area contributed by atoms with Crippen LogP contribution in [0.2, 0.25) is 18.1 Å². The Morgan fingerprint density at radius 2 is 1.54 bits per heavy atom. The van der Waals surface area contributed by atoms with Gasteiger partial charge in [-0.1, -0.05) is 69.3 Å². The van der Waals surface area contributed by atoms with Gasteiger partial charge in [0.25, 0.3) is 0 Å². The fraction of sp³-hybridized carbons (Fsp3) is 0.407. The van der Waals surface area contributed by atoms with Gasteiger partial charge in [0.2, 0.25) is 6.29 Å². The topological polar surface area (TPSA) is 80.3 Å². The van der Waals surface area contributed by atoms with Crippen molar-refractivity contribution in [1.29, 1.82) is 0 Å². The molecule has 0 saturated carbocycles. The summed E-state index contributed by atoms with van der Waals surface area (Å²) in [5.41, 5.74) is 1.27. The van der Waals surface area contributed by atoms with Crippen molar-refractivity contribution in [1.82, 2.24) is 0 Å². The van der Waals surface area contributed by atoms with Crippen molar-refractivity contribution in [3.8, 4) is 0 Å². The molecule has 0 fully saturated rings. The quantitative estimate of drug-likeness (QED) is 0.256. The van der Waals surface area contributed by atoms with Gasteiger partial charge in [0.05, 0.1) is 12.2 Å². The predicted octanol–water partition coefficient (Wildman–Crippen LogP) is 5.87. The molecule has 0 spiro atoms. The molecule has 35 heavy (non-hydrogen) atoms. The zero-order valence-corrected chi connectivity index (χ0v) is 21.9. The Balaban J connectivity index is 1.66. The first-order chi connectivity index (χ1) is 16.5. The molecule has 2 aromatic carbocycles. The second-order valence-electron chi connectivity index (χ2n) is 9.88. The highest BCUT2D eigenvalue weighted by Crippen LogP contribution is 2.37. The van der Waals surface area contributed by atoms with Crippen LogP contribution in [0, 0.1) is 0 Å². The molecule has 0 bridgehead atoms. The number of hydrogen-bond acceptors (Lipinski definition) is 7. The molecule has 3 rings (SSSR count). The zero-order chi connectivity index (χ0) is 25.5. The number of esters is 1. The van der Waals surface area contributed by atoms with Gasteiger partial charge in [0.15, 0.2) is 14.4 Å². The minimum atomic E-state index is -2.11. The van der Waals surface area contributed by atoms with E-state index >= 15 is 0 Å². The normalized spacial score (nSPS) is 20.2. The third kappa shape index (κ3) is 7.78. The molecule has 0 radical (unpaired) electrons. The monoisotopic (exact) mass is 498 g/mol. The summed E-state index contributed by atoms with van der Waals surface area (Å²) in [7, 11) is -2.11. The van der Waals surface area contributed by atoms with Crippen LogP contribution in [0.4, 0.5) is 4.79 Å². The smallest absolute Gasteiger partial charge is 0.429 e. The van der Waals surface area contributed by atoms with Crippen molar-refractivity contribution in [2.24, 2.45) is 0 Å². The number of benzene rings is 2. The standard InChI is InChI=1S/C27H34O7Si/c1-27(2,3)35(4,5)31-19-23-22(33-26(29)30-18-20-12-8-6-9-13-20)16-17-24(32-23)34-25(28)21-14-10-7-11-15-21/h6-17,22-24H,18-19H2,1-5H3/t22-,23+,24+/m0/s1. The fourth-order valence-electron chi connectivity index (χ4n) is 3.05.